The van der Waals surface area contributed by atoms with E-state index in [-0.39, 0.29) is 11.9 Å². The number of hydroxylamine groups is 1. The fourth-order valence-corrected chi connectivity index (χ4v) is 1.87. The second kappa shape index (κ2) is 4.25. The first kappa shape index (κ1) is 9.89. The molecule has 2 fully saturated rings. The first-order valence-electron chi connectivity index (χ1n) is 5.03. The van der Waals surface area contributed by atoms with E-state index < -0.39 is 0 Å². The molecular formula is C9H16N2O3. The Morgan fingerprint density at radius 3 is 3.00 bits per heavy atom. The molecular weight excluding hydrogens is 184 g/mol. The van der Waals surface area contributed by atoms with Crippen molar-refractivity contribution in [1.29, 1.82) is 0 Å². The molecule has 5 nitrogen and oxygen atoms in total. The van der Waals surface area contributed by atoms with Gasteiger partial charge in [0.05, 0.1) is 13.2 Å². The number of amides is 1. The van der Waals surface area contributed by atoms with Crippen LogP contribution in [0.5, 0.6) is 0 Å². The molecule has 0 aromatic heterocycles. The smallest absolute Gasteiger partial charge is 0.263 e. The average molecular weight is 200 g/mol. The number of hydrogen-bond acceptors (Lipinski definition) is 4. The molecule has 2 aliphatic heterocycles. The van der Waals surface area contributed by atoms with Gasteiger partial charge in [-0.1, -0.05) is 0 Å². The number of rotatable bonds is 3. The van der Waals surface area contributed by atoms with Crippen molar-refractivity contribution in [2.45, 2.75) is 25.4 Å². The maximum absolute atomic E-state index is 11.2. The highest BCUT2D eigenvalue weighted by molar-refractivity contribution is 5.82. The Bertz CT molecular complexity index is 216. The van der Waals surface area contributed by atoms with E-state index in [1.165, 1.54) is 0 Å². The van der Waals surface area contributed by atoms with Gasteiger partial charge in [-0.25, -0.2) is 5.48 Å². The minimum absolute atomic E-state index is 0.0734. The predicted molar refractivity (Wildman–Crippen MR) is 49.4 cm³/mol. The van der Waals surface area contributed by atoms with Gasteiger partial charge in [-0.2, -0.15) is 0 Å². The van der Waals surface area contributed by atoms with E-state index in [1.54, 1.807) is 0 Å². The zero-order valence-electron chi connectivity index (χ0n) is 8.29. The van der Waals surface area contributed by atoms with Crippen molar-refractivity contribution in [1.82, 2.24) is 10.8 Å². The van der Waals surface area contributed by atoms with Gasteiger partial charge in [-0.05, 0) is 19.3 Å². The Morgan fingerprint density at radius 2 is 2.43 bits per heavy atom. The van der Waals surface area contributed by atoms with Crippen molar-refractivity contribution in [3.63, 3.8) is 0 Å². The van der Waals surface area contributed by atoms with E-state index in [9.17, 15) is 4.79 Å². The summed E-state index contributed by atoms with van der Waals surface area (Å²) < 4.78 is 5.30. The van der Waals surface area contributed by atoms with E-state index in [0.717, 1.165) is 19.6 Å². The number of nitrogens with one attached hydrogen (secondary N) is 2. The van der Waals surface area contributed by atoms with Gasteiger partial charge in [-0.15, -0.1) is 0 Å². The van der Waals surface area contributed by atoms with Crippen molar-refractivity contribution in [3.05, 3.63) is 0 Å². The van der Waals surface area contributed by atoms with Crippen molar-refractivity contribution < 1.29 is 14.4 Å². The molecule has 0 bridgehead atoms. The van der Waals surface area contributed by atoms with Gasteiger partial charge in [0.25, 0.3) is 5.91 Å². The van der Waals surface area contributed by atoms with Gasteiger partial charge in [0, 0.05) is 12.6 Å². The lowest BCUT2D eigenvalue weighted by Gasteiger charge is -2.21. The van der Waals surface area contributed by atoms with E-state index in [4.69, 9.17) is 9.57 Å². The molecule has 0 radical (unpaired) electrons. The number of carbonyl (C=O) groups excluding carboxylic acids is 1. The molecule has 0 aromatic carbocycles. The summed E-state index contributed by atoms with van der Waals surface area (Å²) in [5.74, 6) is 0.444. The molecule has 80 valence electrons. The summed E-state index contributed by atoms with van der Waals surface area (Å²) in [6, 6.07) is 0.0977. The molecule has 2 rings (SSSR count). The highest BCUT2D eigenvalue weighted by Crippen LogP contribution is 2.17. The van der Waals surface area contributed by atoms with Crippen LogP contribution in [0, 0.1) is 5.92 Å². The Kier molecular flexibility index (Phi) is 3.00. The molecule has 3 atom stereocenters. The highest BCUT2D eigenvalue weighted by atomic mass is 16.7. The molecule has 2 saturated heterocycles. The Hall–Kier alpha value is -0.650. The summed E-state index contributed by atoms with van der Waals surface area (Å²) in [7, 11) is 0. The zero-order valence-corrected chi connectivity index (χ0v) is 8.29. The van der Waals surface area contributed by atoms with Crippen LogP contribution in [-0.2, 0) is 14.4 Å². The number of ether oxygens (including phenoxy) is 1. The lowest BCUT2D eigenvalue weighted by atomic mass is 10.00. The maximum Gasteiger partial charge on any atom is 0.263 e. The minimum Gasteiger partial charge on any atom is -0.381 e. The molecule has 5 heteroatoms. The molecule has 0 saturated carbocycles. The summed E-state index contributed by atoms with van der Waals surface area (Å²) >= 11 is 0. The van der Waals surface area contributed by atoms with E-state index in [2.05, 4.69) is 17.7 Å². The van der Waals surface area contributed by atoms with Crippen molar-refractivity contribution in [2.75, 3.05) is 19.8 Å². The van der Waals surface area contributed by atoms with Gasteiger partial charge in [0.1, 0.15) is 6.04 Å². The molecule has 2 N–H and O–H groups in total. The van der Waals surface area contributed by atoms with Gasteiger partial charge < -0.3 is 10.1 Å². The average Bonchev–Trinajstić information content (AvgIpc) is 2.77. The third kappa shape index (κ3) is 2.05. The third-order valence-electron chi connectivity index (χ3n) is 2.88. The van der Waals surface area contributed by atoms with Crippen LogP contribution in [0.2, 0.25) is 0 Å². The lowest BCUT2D eigenvalue weighted by molar-refractivity contribution is -0.125. The van der Waals surface area contributed by atoms with Crippen LogP contribution in [-0.4, -0.2) is 37.8 Å². The third-order valence-corrected chi connectivity index (χ3v) is 2.88. The van der Waals surface area contributed by atoms with Crippen molar-refractivity contribution in [2.24, 2.45) is 5.92 Å². The van der Waals surface area contributed by atoms with Crippen LogP contribution >= 0.6 is 0 Å². The number of hydrogen-bond donors (Lipinski definition) is 2. The fraction of sp³-hybridized carbons (Fsp3) is 0.889. The zero-order chi connectivity index (χ0) is 9.97. The van der Waals surface area contributed by atoms with Gasteiger partial charge in [0.15, 0.2) is 0 Å². The molecule has 3 unspecified atom stereocenters. The Balaban J connectivity index is 1.80. The van der Waals surface area contributed by atoms with Gasteiger partial charge >= 0.3 is 0 Å². The van der Waals surface area contributed by atoms with Crippen LogP contribution in [0.4, 0.5) is 0 Å². The monoisotopic (exact) mass is 200 g/mol. The van der Waals surface area contributed by atoms with Crippen LogP contribution < -0.4 is 10.8 Å². The Morgan fingerprint density at radius 1 is 1.57 bits per heavy atom. The van der Waals surface area contributed by atoms with Crippen LogP contribution in [0.1, 0.15) is 13.3 Å². The lowest BCUT2D eigenvalue weighted by Crippen LogP contribution is -2.46. The van der Waals surface area contributed by atoms with Crippen LogP contribution in [0.25, 0.3) is 0 Å². The van der Waals surface area contributed by atoms with Gasteiger partial charge in [0.2, 0.25) is 0 Å². The molecule has 1 amide bonds. The topological polar surface area (TPSA) is 59.6 Å². The fourth-order valence-electron chi connectivity index (χ4n) is 1.87. The standard InChI is InChI=1S/C9H16N2O3/c1-6(7-2-3-13-4-7)10-8-5-14-11-9(8)12/h6-8,10H,2-5H2,1H3,(H,11,12). The second-order valence-electron chi connectivity index (χ2n) is 3.91. The first-order chi connectivity index (χ1) is 6.77. The van der Waals surface area contributed by atoms with E-state index in [1.807, 2.05) is 0 Å². The van der Waals surface area contributed by atoms with Crippen LogP contribution in [0.3, 0.4) is 0 Å². The molecule has 2 heterocycles. The molecule has 0 spiro atoms. The summed E-state index contributed by atoms with van der Waals surface area (Å²) in [6.45, 7) is 4.13. The van der Waals surface area contributed by atoms with Crippen LogP contribution in [0.15, 0.2) is 0 Å². The molecule has 0 aromatic rings. The van der Waals surface area contributed by atoms with Gasteiger partial charge in [-0.3, -0.25) is 9.63 Å². The van der Waals surface area contributed by atoms with E-state index >= 15 is 0 Å². The molecule has 0 aliphatic carbocycles. The SMILES string of the molecule is CC(NC1CONC1=O)C1CCOC1. The molecule has 14 heavy (non-hydrogen) atoms. The predicted octanol–water partition coefficient (Wildman–Crippen LogP) is -0.569. The minimum atomic E-state index is -0.203. The second-order valence-corrected chi connectivity index (χ2v) is 3.91. The largest absolute Gasteiger partial charge is 0.381 e. The first-order valence-corrected chi connectivity index (χ1v) is 5.03. The molecule has 2 aliphatic rings. The van der Waals surface area contributed by atoms with Crippen molar-refractivity contribution in [3.8, 4) is 0 Å². The Labute approximate surface area is 83.1 Å². The summed E-state index contributed by atoms with van der Waals surface area (Å²) in [5.41, 5.74) is 2.33. The van der Waals surface area contributed by atoms with E-state index in [0.29, 0.717) is 18.6 Å². The summed E-state index contributed by atoms with van der Waals surface area (Å²) in [4.78, 5) is 16.0. The summed E-state index contributed by atoms with van der Waals surface area (Å²) in [5, 5.41) is 3.25. The quantitative estimate of drug-likeness (QED) is 0.640. The summed E-state index contributed by atoms with van der Waals surface area (Å²) in [6.07, 6.45) is 1.07. The van der Waals surface area contributed by atoms with Crippen molar-refractivity contribution >= 4 is 5.91 Å². The number of carbonyl (C=O) groups is 1. The highest BCUT2D eigenvalue weighted by Gasteiger charge is 2.30. The normalized spacial score (nSPS) is 34.5. The maximum atomic E-state index is 11.2.